The zero-order valence-corrected chi connectivity index (χ0v) is 15.3. The van der Waals surface area contributed by atoms with Gasteiger partial charge in [-0.1, -0.05) is 11.6 Å². The molecule has 0 fully saturated rings. The SMILES string of the molecule is CCN(Cc1ccc(Br)s1)C(=O)c1cc(Br)cnc1Cl. The van der Waals surface area contributed by atoms with Gasteiger partial charge in [0.1, 0.15) is 5.15 Å². The van der Waals surface area contributed by atoms with Gasteiger partial charge in [-0.2, -0.15) is 0 Å². The second-order valence-corrected chi connectivity index (χ2v) is 7.84. The molecule has 2 rings (SSSR count). The van der Waals surface area contributed by atoms with E-state index < -0.39 is 0 Å². The summed E-state index contributed by atoms with van der Waals surface area (Å²) < 4.78 is 1.79. The van der Waals surface area contributed by atoms with Crippen LogP contribution in [0.25, 0.3) is 0 Å². The van der Waals surface area contributed by atoms with Crippen molar-refractivity contribution in [2.24, 2.45) is 0 Å². The summed E-state index contributed by atoms with van der Waals surface area (Å²) in [5.41, 5.74) is 0.415. The first-order valence-electron chi connectivity index (χ1n) is 5.85. The molecule has 0 atom stereocenters. The Morgan fingerprint density at radius 1 is 1.45 bits per heavy atom. The molecule has 0 unspecified atom stereocenters. The summed E-state index contributed by atoms with van der Waals surface area (Å²) in [6.45, 7) is 3.12. The average molecular weight is 439 g/mol. The fourth-order valence-electron chi connectivity index (χ4n) is 1.69. The van der Waals surface area contributed by atoms with E-state index in [9.17, 15) is 4.79 Å². The highest BCUT2D eigenvalue weighted by atomic mass is 79.9. The standard InChI is InChI=1S/C13H11Br2ClN2OS/c1-2-18(7-9-3-4-11(15)20-9)13(19)10-5-8(14)6-17-12(10)16/h3-6H,2,7H2,1H3. The molecule has 0 radical (unpaired) electrons. The van der Waals surface area contributed by atoms with E-state index in [1.807, 2.05) is 19.1 Å². The van der Waals surface area contributed by atoms with Crippen molar-refractivity contribution in [3.8, 4) is 0 Å². The number of carbonyl (C=O) groups excluding carboxylic acids is 1. The summed E-state index contributed by atoms with van der Waals surface area (Å²) in [6.07, 6.45) is 1.58. The summed E-state index contributed by atoms with van der Waals surface area (Å²) in [4.78, 5) is 19.4. The van der Waals surface area contributed by atoms with Gasteiger partial charge in [0.05, 0.1) is 15.9 Å². The Kier molecular flexibility index (Phi) is 5.60. The van der Waals surface area contributed by atoms with Crippen molar-refractivity contribution < 1.29 is 4.79 Å². The van der Waals surface area contributed by atoms with Crippen LogP contribution >= 0.6 is 54.8 Å². The fourth-order valence-corrected chi connectivity index (χ4v) is 3.71. The van der Waals surface area contributed by atoms with Crippen LogP contribution < -0.4 is 0 Å². The molecular weight excluding hydrogens is 427 g/mol. The Morgan fingerprint density at radius 3 is 2.80 bits per heavy atom. The number of amides is 1. The lowest BCUT2D eigenvalue weighted by Crippen LogP contribution is -2.30. The minimum atomic E-state index is -0.115. The van der Waals surface area contributed by atoms with Gasteiger partial charge in [0, 0.05) is 22.1 Å². The Hall–Kier alpha value is -0.430. The molecule has 0 saturated heterocycles. The van der Waals surface area contributed by atoms with E-state index in [1.54, 1.807) is 28.5 Å². The van der Waals surface area contributed by atoms with Crippen molar-refractivity contribution in [2.45, 2.75) is 13.5 Å². The maximum atomic E-state index is 12.5. The topological polar surface area (TPSA) is 33.2 Å². The molecule has 0 bridgehead atoms. The maximum absolute atomic E-state index is 12.5. The second-order valence-electron chi connectivity index (χ2n) is 4.02. The average Bonchev–Trinajstić information content (AvgIpc) is 2.83. The van der Waals surface area contributed by atoms with Gasteiger partial charge in [-0.05, 0) is 57.0 Å². The highest BCUT2D eigenvalue weighted by Gasteiger charge is 2.19. The number of nitrogens with zero attached hydrogens (tertiary/aromatic N) is 2. The molecule has 0 aliphatic carbocycles. The highest BCUT2D eigenvalue weighted by Crippen LogP contribution is 2.25. The first-order valence-corrected chi connectivity index (χ1v) is 8.64. The summed E-state index contributed by atoms with van der Waals surface area (Å²) >= 11 is 14.4. The van der Waals surface area contributed by atoms with Crippen LogP contribution in [0, 0.1) is 0 Å². The summed E-state index contributed by atoms with van der Waals surface area (Å²) in [6, 6.07) is 5.68. The molecule has 0 aliphatic rings. The van der Waals surface area contributed by atoms with Gasteiger partial charge in [-0.15, -0.1) is 11.3 Å². The number of carbonyl (C=O) groups is 1. The minimum absolute atomic E-state index is 0.115. The summed E-state index contributed by atoms with van der Waals surface area (Å²) in [7, 11) is 0. The second kappa shape index (κ2) is 7.02. The number of aromatic nitrogens is 1. The summed E-state index contributed by atoms with van der Waals surface area (Å²) in [5.74, 6) is -0.115. The van der Waals surface area contributed by atoms with Gasteiger partial charge in [0.25, 0.3) is 5.91 Å². The van der Waals surface area contributed by atoms with Gasteiger partial charge in [-0.25, -0.2) is 4.98 Å². The molecule has 2 heterocycles. The molecular formula is C13H11Br2ClN2OS. The van der Waals surface area contributed by atoms with Gasteiger partial charge in [-0.3, -0.25) is 4.79 Å². The van der Waals surface area contributed by atoms with Crippen molar-refractivity contribution in [3.63, 3.8) is 0 Å². The van der Waals surface area contributed by atoms with Crippen LogP contribution in [0.4, 0.5) is 0 Å². The van der Waals surface area contributed by atoms with Crippen molar-refractivity contribution in [3.05, 3.63) is 48.2 Å². The van der Waals surface area contributed by atoms with Gasteiger partial charge >= 0.3 is 0 Å². The van der Waals surface area contributed by atoms with E-state index in [1.165, 1.54) is 0 Å². The zero-order valence-electron chi connectivity index (χ0n) is 10.6. The molecule has 3 nitrogen and oxygen atoms in total. The molecule has 7 heteroatoms. The van der Waals surface area contributed by atoms with Crippen molar-refractivity contribution in [2.75, 3.05) is 6.54 Å². The molecule has 0 aromatic carbocycles. The van der Waals surface area contributed by atoms with Gasteiger partial charge in [0.2, 0.25) is 0 Å². The molecule has 0 spiro atoms. The monoisotopic (exact) mass is 436 g/mol. The molecule has 106 valence electrons. The smallest absolute Gasteiger partial charge is 0.257 e. The Bertz CT molecular complexity index is 633. The quantitative estimate of drug-likeness (QED) is 0.631. The number of thiophene rings is 1. The lowest BCUT2D eigenvalue weighted by atomic mass is 10.2. The molecule has 0 aliphatic heterocycles. The molecule has 2 aromatic rings. The van der Waals surface area contributed by atoms with Crippen molar-refractivity contribution >= 4 is 60.7 Å². The van der Waals surface area contributed by atoms with Crippen molar-refractivity contribution in [1.82, 2.24) is 9.88 Å². The van der Waals surface area contributed by atoms with Crippen LogP contribution in [-0.2, 0) is 6.54 Å². The molecule has 1 amide bonds. The highest BCUT2D eigenvalue weighted by molar-refractivity contribution is 9.11. The Balaban J connectivity index is 2.22. The first-order chi connectivity index (χ1) is 9.51. The van der Waals surface area contributed by atoms with E-state index >= 15 is 0 Å². The van der Waals surface area contributed by atoms with E-state index in [4.69, 9.17) is 11.6 Å². The van der Waals surface area contributed by atoms with E-state index in [-0.39, 0.29) is 11.1 Å². The summed E-state index contributed by atoms with van der Waals surface area (Å²) in [5, 5.41) is 0.226. The van der Waals surface area contributed by atoms with Crippen LogP contribution in [0.3, 0.4) is 0 Å². The van der Waals surface area contributed by atoms with Crippen LogP contribution in [0.2, 0.25) is 5.15 Å². The zero-order chi connectivity index (χ0) is 14.7. The predicted octanol–water partition coefficient (Wildman–Crippen LogP) is 4.98. The molecule has 2 aromatic heterocycles. The van der Waals surface area contributed by atoms with Crippen LogP contribution in [0.5, 0.6) is 0 Å². The third kappa shape index (κ3) is 3.81. The van der Waals surface area contributed by atoms with Gasteiger partial charge in [0.15, 0.2) is 0 Å². The number of halogens is 3. The lowest BCUT2D eigenvalue weighted by molar-refractivity contribution is 0.0754. The van der Waals surface area contributed by atoms with E-state index in [0.717, 1.165) is 13.1 Å². The fraction of sp³-hybridized carbons (Fsp3) is 0.231. The Labute approximate surface area is 143 Å². The third-order valence-corrected chi connectivity index (χ3v) is 5.02. The van der Waals surface area contributed by atoms with Crippen LogP contribution in [0.15, 0.2) is 32.7 Å². The third-order valence-electron chi connectivity index (χ3n) is 2.68. The van der Waals surface area contributed by atoms with Gasteiger partial charge < -0.3 is 4.90 Å². The normalized spacial score (nSPS) is 10.6. The molecule has 0 saturated carbocycles. The maximum Gasteiger partial charge on any atom is 0.257 e. The molecule has 0 N–H and O–H groups in total. The number of hydrogen-bond donors (Lipinski definition) is 0. The van der Waals surface area contributed by atoms with E-state index in [2.05, 4.69) is 36.8 Å². The lowest BCUT2D eigenvalue weighted by Gasteiger charge is -2.20. The number of pyridine rings is 1. The largest absolute Gasteiger partial charge is 0.334 e. The number of rotatable bonds is 4. The predicted molar refractivity (Wildman–Crippen MR) is 89.4 cm³/mol. The van der Waals surface area contributed by atoms with E-state index in [0.29, 0.717) is 18.7 Å². The number of hydrogen-bond acceptors (Lipinski definition) is 3. The molecule has 20 heavy (non-hydrogen) atoms. The minimum Gasteiger partial charge on any atom is -0.334 e. The van der Waals surface area contributed by atoms with Crippen molar-refractivity contribution in [1.29, 1.82) is 0 Å². The first kappa shape index (κ1) is 15.9. The Morgan fingerprint density at radius 2 is 2.20 bits per heavy atom. The van der Waals surface area contributed by atoms with Crippen LogP contribution in [-0.4, -0.2) is 22.3 Å². The van der Waals surface area contributed by atoms with Crippen LogP contribution in [0.1, 0.15) is 22.2 Å².